The van der Waals surface area contributed by atoms with Gasteiger partial charge in [0.05, 0.1) is 0 Å². The minimum atomic E-state index is 0.414. The number of hydrogen-bond acceptors (Lipinski definition) is 0. The summed E-state index contributed by atoms with van der Waals surface area (Å²) in [4.78, 5) is 6.73. The molecule has 0 saturated heterocycles. The first kappa shape index (κ1) is 9.13. The first-order chi connectivity index (χ1) is 6.66. The first-order valence-electron chi connectivity index (χ1n) is 4.98. The van der Waals surface area contributed by atoms with Crippen molar-refractivity contribution in [3.8, 4) is 0 Å². The van der Waals surface area contributed by atoms with E-state index in [-0.39, 0.29) is 0 Å². The lowest BCUT2D eigenvalue weighted by Gasteiger charge is -2.07. The van der Waals surface area contributed by atoms with Crippen LogP contribution in [0.5, 0.6) is 0 Å². The second-order valence-electron chi connectivity index (χ2n) is 3.92. The van der Waals surface area contributed by atoms with Gasteiger partial charge in [0.15, 0.2) is 0 Å². The van der Waals surface area contributed by atoms with Crippen molar-refractivity contribution in [2.75, 3.05) is 0 Å². The maximum Gasteiger partial charge on any atom is 0.0363 e. The number of hydrogen-bond donors (Lipinski definition) is 2. The predicted octanol–water partition coefficient (Wildman–Crippen LogP) is 3.11. The van der Waals surface area contributed by atoms with Gasteiger partial charge in [0.25, 0.3) is 0 Å². The fraction of sp³-hybridized carbons (Fsp3) is 0.333. The molecule has 0 unspecified atom stereocenters. The molecular weight excluding hydrogens is 172 g/mol. The normalized spacial score (nSPS) is 11.1. The Balaban J connectivity index is 2.28. The van der Waals surface area contributed by atoms with Crippen LogP contribution in [0.15, 0.2) is 24.3 Å². The van der Waals surface area contributed by atoms with Crippen molar-refractivity contribution in [1.29, 1.82) is 0 Å². The van der Waals surface area contributed by atoms with E-state index in [1.54, 1.807) is 0 Å². The standard InChI is InChI=1S/C12H16N2/c1-8-4-6-11(13-8)10(3)12-7-5-9(2)14-12/h4-7,10,13-14H,1-3H3. The highest BCUT2D eigenvalue weighted by Crippen LogP contribution is 2.22. The van der Waals surface area contributed by atoms with E-state index in [9.17, 15) is 0 Å². The van der Waals surface area contributed by atoms with E-state index in [0.29, 0.717) is 5.92 Å². The van der Waals surface area contributed by atoms with E-state index in [0.717, 1.165) is 0 Å². The minimum absolute atomic E-state index is 0.414. The average Bonchev–Trinajstić information content (AvgIpc) is 2.73. The molecule has 2 rings (SSSR count). The number of rotatable bonds is 2. The Morgan fingerprint density at radius 3 is 1.57 bits per heavy atom. The van der Waals surface area contributed by atoms with E-state index in [1.807, 2.05) is 0 Å². The third kappa shape index (κ3) is 1.60. The van der Waals surface area contributed by atoms with Gasteiger partial charge in [-0.3, -0.25) is 0 Å². The Labute approximate surface area is 84.4 Å². The topological polar surface area (TPSA) is 31.6 Å². The molecule has 2 N–H and O–H groups in total. The summed E-state index contributed by atoms with van der Waals surface area (Å²) in [5.74, 6) is 0.414. The summed E-state index contributed by atoms with van der Waals surface area (Å²) < 4.78 is 0. The van der Waals surface area contributed by atoms with Gasteiger partial charge in [0, 0.05) is 28.7 Å². The van der Waals surface area contributed by atoms with Crippen LogP contribution >= 0.6 is 0 Å². The maximum atomic E-state index is 3.36. The van der Waals surface area contributed by atoms with Gasteiger partial charge in [0.1, 0.15) is 0 Å². The lowest BCUT2D eigenvalue weighted by Crippen LogP contribution is -1.96. The molecule has 2 heteroatoms. The fourth-order valence-corrected chi connectivity index (χ4v) is 1.72. The molecule has 2 aromatic heterocycles. The van der Waals surface area contributed by atoms with Gasteiger partial charge in [0.2, 0.25) is 0 Å². The molecule has 0 spiro atoms. The van der Waals surface area contributed by atoms with Crippen molar-refractivity contribution in [2.45, 2.75) is 26.7 Å². The molecule has 2 heterocycles. The third-order valence-corrected chi connectivity index (χ3v) is 2.64. The number of aryl methyl sites for hydroxylation is 2. The summed E-state index contributed by atoms with van der Waals surface area (Å²) in [5.41, 5.74) is 4.97. The van der Waals surface area contributed by atoms with Crippen LogP contribution in [0, 0.1) is 13.8 Å². The SMILES string of the molecule is Cc1ccc(C(C)c2ccc(C)[nH]2)[nH]1. The zero-order chi connectivity index (χ0) is 10.1. The summed E-state index contributed by atoms with van der Waals surface area (Å²) in [6.45, 7) is 6.36. The quantitative estimate of drug-likeness (QED) is 0.725. The van der Waals surface area contributed by atoms with Crippen molar-refractivity contribution in [3.05, 3.63) is 47.0 Å². The second-order valence-corrected chi connectivity index (χ2v) is 3.92. The molecule has 0 aromatic carbocycles. The first-order valence-corrected chi connectivity index (χ1v) is 4.98. The predicted molar refractivity (Wildman–Crippen MR) is 58.6 cm³/mol. The molecule has 0 saturated carbocycles. The highest BCUT2D eigenvalue weighted by Gasteiger charge is 2.10. The number of H-pyrrole nitrogens is 2. The lowest BCUT2D eigenvalue weighted by molar-refractivity contribution is 0.843. The number of aromatic nitrogens is 2. The van der Waals surface area contributed by atoms with Gasteiger partial charge in [-0.25, -0.2) is 0 Å². The van der Waals surface area contributed by atoms with Crippen molar-refractivity contribution in [3.63, 3.8) is 0 Å². The molecule has 0 amide bonds. The van der Waals surface area contributed by atoms with E-state index >= 15 is 0 Å². The molecule has 0 aliphatic rings. The van der Waals surface area contributed by atoms with Crippen molar-refractivity contribution >= 4 is 0 Å². The molecule has 2 nitrogen and oxygen atoms in total. The number of aromatic amines is 2. The third-order valence-electron chi connectivity index (χ3n) is 2.64. The van der Waals surface area contributed by atoms with Crippen LogP contribution < -0.4 is 0 Å². The molecule has 0 atom stereocenters. The van der Waals surface area contributed by atoms with Crippen molar-refractivity contribution in [2.24, 2.45) is 0 Å². The minimum Gasteiger partial charge on any atom is -0.362 e. The van der Waals surface area contributed by atoms with Crippen LogP contribution in [0.3, 0.4) is 0 Å². The summed E-state index contributed by atoms with van der Waals surface area (Å²) in [6, 6.07) is 8.52. The maximum absolute atomic E-state index is 3.36. The van der Waals surface area contributed by atoms with Crippen LogP contribution in [0.2, 0.25) is 0 Å². The summed E-state index contributed by atoms with van der Waals surface area (Å²) in [6.07, 6.45) is 0. The molecule has 0 bridgehead atoms. The number of nitrogens with one attached hydrogen (secondary N) is 2. The molecule has 0 fully saturated rings. The molecule has 14 heavy (non-hydrogen) atoms. The van der Waals surface area contributed by atoms with Gasteiger partial charge < -0.3 is 9.97 Å². The lowest BCUT2D eigenvalue weighted by atomic mass is 10.1. The molecule has 0 aliphatic carbocycles. The van der Waals surface area contributed by atoms with Gasteiger partial charge in [-0.15, -0.1) is 0 Å². The van der Waals surface area contributed by atoms with Crippen molar-refractivity contribution < 1.29 is 0 Å². The molecule has 2 aromatic rings. The Morgan fingerprint density at radius 1 is 0.857 bits per heavy atom. The molecule has 0 aliphatic heterocycles. The van der Waals surface area contributed by atoms with E-state index in [4.69, 9.17) is 0 Å². The average molecular weight is 188 g/mol. The zero-order valence-electron chi connectivity index (χ0n) is 8.89. The second kappa shape index (κ2) is 3.37. The largest absolute Gasteiger partial charge is 0.362 e. The van der Waals surface area contributed by atoms with Crippen LogP contribution in [-0.4, -0.2) is 9.97 Å². The Bertz CT molecular complexity index is 383. The van der Waals surface area contributed by atoms with Crippen LogP contribution in [0.4, 0.5) is 0 Å². The van der Waals surface area contributed by atoms with E-state index < -0.39 is 0 Å². The van der Waals surface area contributed by atoms with Gasteiger partial charge in [-0.05, 0) is 38.1 Å². The fourth-order valence-electron chi connectivity index (χ4n) is 1.72. The Hall–Kier alpha value is -1.44. The molecule has 0 radical (unpaired) electrons. The van der Waals surface area contributed by atoms with Crippen molar-refractivity contribution in [1.82, 2.24) is 9.97 Å². The molecule has 74 valence electrons. The molecular formula is C12H16N2. The highest BCUT2D eigenvalue weighted by molar-refractivity contribution is 5.26. The smallest absolute Gasteiger partial charge is 0.0363 e. The Morgan fingerprint density at radius 2 is 1.29 bits per heavy atom. The summed E-state index contributed by atoms with van der Waals surface area (Å²) in [7, 11) is 0. The Kier molecular flexibility index (Phi) is 2.20. The van der Waals surface area contributed by atoms with E-state index in [2.05, 4.69) is 55.0 Å². The van der Waals surface area contributed by atoms with Gasteiger partial charge in [-0.2, -0.15) is 0 Å². The van der Waals surface area contributed by atoms with E-state index in [1.165, 1.54) is 22.8 Å². The zero-order valence-corrected chi connectivity index (χ0v) is 8.89. The summed E-state index contributed by atoms with van der Waals surface area (Å²) >= 11 is 0. The van der Waals surface area contributed by atoms with Gasteiger partial charge >= 0.3 is 0 Å². The van der Waals surface area contributed by atoms with Gasteiger partial charge in [-0.1, -0.05) is 6.92 Å². The monoisotopic (exact) mass is 188 g/mol. The highest BCUT2D eigenvalue weighted by atomic mass is 14.8. The van der Waals surface area contributed by atoms with Crippen LogP contribution in [0.1, 0.15) is 35.6 Å². The summed E-state index contributed by atoms with van der Waals surface area (Å²) in [5, 5.41) is 0. The van der Waals surface area contributed by atoms with Crippen LogP contribution in [-0.2, 0) is 0 Å². The van der Waals surface area contributed by atoms with Crippen LogP contribution in [0.25, 0.3) is 0 Å².